The lowest BCUT2D eigenvalue weighted by Crippen LogP contribution is -2.46. The van der Waals surface area contributed by atoms with Gasteiger partial charge >= 0.3 is 0 Å². The quantitative estimate of drug-likeness (QED) is 0.617. The van der Waals surface area contributed by atoms with Gasteiger partial charge in [0.15, 0.2) is 0 Å². The second-order valence-corrected chi connectivity index (χ2v) is 5.27. The van der Waals surface area contributed by atoms with Crippen molar-refractivity contribution < 1.29 is 15.1 Å². The number of rotatable bonds is 6. The van der Waals surface area contributed by atoms with E-state index in [0.29, 0.717) is 5.56 Å². The third kappa shape index (κ3) is 4.18. The highest BCUT2D eigenvalue weighted by Crippen LogP contribution is 2.19. The number of hydroxylamine groups is 1. The highest BCUT2D eigenvalue weighted by Gasteiger charge is 2.21. The molecule has 0 aromatic heterocycles. The fourth-order valence-corrected chi connectivity index (χ4v) is 2.24. The largest absolute Gasteiger partial charge is 0.391 e. The average molecular weight is 312 g/mol. The molecule has 0 aliphatic rings. The minimum absolute atomic E-state index is 0.120. The summed E-state index contributed by atoms with van der Waals surface area (Å²) in [7, 11) is 0. The van der Waals surface area contributed by atoms with Crippen LogP contribution in [0, 0.1) is 0 Å². The van der Waals surface area contributed by atoms with Crippen molar-refractivity contribution in [3.8, 4) is 11.1 Å². The van der Waals surface area contributed by atoms with Crippen LogP contribution >= 0.6 is 0 Å². The van der Waals surface area contributed by atoms with Crippen LogP contribution in [-0.4, -0.2) is 28.4 Å². The first-order chi connectivity index (χ1) is 11.0. The Morgan fingerprint density at radius 3 is 2.13 bits per heavy atom. The summed E-state index contributed by atoms with van der Waals surface area (Å²) in [5.74, 6) is -0.355. The molecule has 0 saturated heterocycles. The van der Waals surface area contributed by atoms with Gasteiger partial charge in [0, 0.05) is 5.56 Å². The predicted molar refractivity (Wildman–Crippen MR) is 88.9 cm³/mol. The highest BCUT2D eigenvalue weighted by atomic mass is 16.5. The van der Waals surface area contributed by atoms with Crippen LogP contribution in [0.15, 0.2) is 66.9 Å². The zero-order chi connectivity index (χ0) is 16.8. The number of hydrogen-bond donors (Lipinski definition) is 4. The Morgan fingerprint density at radius 2 is 1.61 bits per heavy atom. The molecule has 0 bridgehead atoms. The van der Waals surface area contributed by atoms with Crippen molar-refractivity contribution in [1.82, 2.24) is 10.8 Å². The molecule has 0 spiro atoms. The molecule has 23 heavy (non-hydrogen) atoms. The van der Waals surface area contributed by atoms with Gasteiger partial charge in [-0.1, -0.05) is 49.0 Å². The fourth-order valence-electron chi connectivity index (χ4n) is 2.24. The smallest absolute Gasteiger partial charge is 0.251 e. The maximum absolute atomic E-state index is 12.3. The van der Waals surface area contributed by atoms with E-state index in [2.05, 4.69) is 11.9 Å². The maximum Gasteiger partial charge on any atom is 0.251 e. The van der Waals surface area contributed by atoms with Gasteiger partial charge in [-0.15, -0.1) is 0 Å². The maximum atomic E-state index is 12.3. The first-order valence-corrected chi connectivity index (χ1v) is 7.26. The van der Waals surface area contributed by atoms with Crippen molar-refractivity contribution in [3.05, 3.63) is 72.4 Å². The molecule has 5 heteroatoms. The zero-order valence-electron chi connectivity index (χ0n) is 12.9. The summed E-state index contributed by atoms with van der Waals surface area (Å²) < 4.78 is 0. The molecule has 0 aliphatic heterocycles. The Labute approximate surface area is 135 Å². The van der Waals surface area contributed by atoms with Gasteiger partial charge in [0.2, 0.25) is 0 Å². The zero-order valence-corrected chi connectivity index (χ0v) is 12.9. The number of aliphatic hydroxyl groups excluding tert-OH is 1. The molecular weight excluding hydrogens is 292 g/mol. The van der Waals surface area contributed by atoms with Gasteiger partial charge in [-0.25, -0.2) is 0 Å². The first-order valence-electron chi connectivity index (χ1n) is 7.26. The van der Waals surface area contributed by atoms with Crippen LogP contribution in [0.4, 0.5) is 0 Å². The van der Waals surface area contributed by atoms with E-state index in [1.807, 2.05) is 47.9 Å². The molecule has 0 radical (unpaired) electrons. The molecule has 0 saturated carbocycles. The van der Waals surface area contributed by atoms with Crippen molar-refractivity contribution in [2.75, 3.05) is 0 Å². The van der Waals surface area contributed by atoms with Crippen LogP contribution in [0.2, 0.25) is 0 Å². The molecule has 2 atom stereocenters. The summed E-state index contributed by atoms with van der Waals surface area (Å²) in [5, 5.41) is 21.2. The van der Waals surface area contributed by atoms with Gasteiger partial charge in [0.1, 0.15) is 0 Å². The normalized spacial score (nSPS) is 13.0. The summed E-state index contributed by atoms with van der Waals surface area (Å²) in [6.07, 6.45) is -0.894. The molecule has 0 unspecified atom stereocenters. The van der Waals surface area contributed by atoms with Crippen molar-refractivity contribution in [3.63, 3.8) is 0 Å². The van der Waals surface area contributed by atoms with Gasteiger partial charge in [-0.2, -0.15) is 0 Å². The molecule has 2 aromatic carbocycles. The lowest BCUT2D eigenvalue weighted by molar-refractivity contribution is 0.0850. The van der Waals surface area contributed by atoms with E-state index in [-0.39, 0.29) is 11.6 Å². The Bertz CT molecular complexity index is 666. The van der Waals surface area contributed by atoms with Crippen LogP contribution in [0.25, 0.3) is 11.1 Å². The van der Waals surface area contributed by atoms with Gasteiger partial charge in [0.25, 0.3) is 5.91 Å². The predicted octanol–water partition coefficient (Wildman–Crippen LogP) is 2.33. The molecule has 0 aliphatic carbocycles. The number of carbonyl (C=O) groups excluding carboxylic acids is 1. The van der Waals surface area contributed by atoms with E-state index in [0.717, 1.165) is 11.1 Å². The van der Waals surface area contributed by atoms with Gasteiger partial charge in [0.05, 0.1) is 17.8 Å². The standard InChI is InChI=1S/C18H20N2O3/c1-12(20-23)17(13(2)21)19-18(22)16-10-8-15(9-11-16)14-6-4-3-5-7-14/h3-11,13,17,20-21,23H,1H2,2H3,(H,19,22)/t13-,17-/m1/s1. The second-order valence-electron chi connectivity index (χ2n) is 5.27. The molecule has 0 heterocycles. The molecule has 5 nitrogen and oxygen atoms in total. The van der Waals surface area contributed by atoms with Crippen molar-refractivity contribution >= 4 is 5.91 Å². The van der Waals surface area contributed by atoms with Crippen LogP contribution in [0.1, 0.15) is 17.3 Å². The minimum Gasteiger partial charge on any atom is -0.391 e. The molecule has 0 fully saturated rings. The van der Waals surface area contributed by atoms with Gasteiger partial charge in [-0.3, -0.25) is 15.5 Å². The summed E-state index contributed by atoms with van der Waals surface area (Å²) in [4.78, 5) is 12.3. The third-order valence-corrected chi connectivity index (χ3v) is 3.54. The molecule has 1 amide bonds. The van der Waals surface area contributed by atoms with E-state index in [1.165, 1.54) is 6.92 Å². The number of nitrogens with one attached hydrogen (secondary N) is 2. The van der Waals surface area contributed by atoms with E-state index >= 15 is 0 Å². The van der Waals surface area contributed by atoms with Crippen LogP contribution < -0.4 is 10.8 Å². The van der Waals surface area contributed by atoms with Gasteiger partial charge < -0.3 is 10.4 Å². The Balaban J connectivity index is 2.12. The number of carbonyl (C=O) groups is 1. The SMILES string of the molecule is C=C(NO)[C@@H](NC(=O)c1ccc(-c2ccccc2)cc1)[C@@H](C)O. The summed E-state index contributed by atoms with van der Waals surface area (Å²) in [6.45, 7) is 5.07. The molecule has 4 N–H and O–H groups in total. The highest BCUT2D eigenvalue weighted by molar-refractivity contribution is 5.95. The molecule has 2 aromatic rings. The summed E-state index contributed by atoms with van der Waals surface area (Å²) >= 11 is 0. The van der Waals surface area contributed by atoms with E-state index < -0.39 is 12.1 Å². The number of benzene rings is 2. The van der Waals surface area contributed by atoms with Crippen molar-refractivity contribution in [1.29, 1.82) is 0 Å². The van der Waals surface area contributed by atoms with E-state index in [1.54, 1.807) is 12.1 Å². The van der Waals surface area contributed by atoms with Crippen molar-refractivity contribution in [2.24, 2.45) is 0 Å². The Kier molecular flexibility index (Phi) is 5.51. The Hall–Kier alpha value is -2.63. The molecule has 2 rings (SSSR count). The number of hydrogen-bond acceptors (Lipinski definition) is 4. The topological polar surface area (TPSA) is 81.6 Å². The number of aliphatic hydroxyl groups is 1. The van der Waals surface area contributed by atoms with E-state index in [9.17, 15) is 9.90 Å². The van der Waals surface area contributed by atoms with Gasteiger partial charge in [-0.05, 0) is 30.2 Å². The fraction of sp³-hybridized carbons (Fsp3) is 0.167. The summed E-state index contributed by atoms with van der Waals surface area (Å²) in [6, 6.07) is 16.2. The second kappa shape index (κ2) is 7.58. The average Bonchev–Trinajstić information content (AvgIpc) is 2.59. The molecular formula is C18H20N2O3. The van der Waals surface area contributed by atoms with Crippen LogP contribution in [0.3, 0.4) is 0 Å². The first kappa shape index (κ1) is 16.7. The lowest BCUT2D eigenvalue weighted by atomic mass is 10.0. The minimum atomic E-state index is -0.894. The number of amides is 1. The monoisotopic (exact) mass is 312 g/mol. The third-order valence-electron chi connectivity index (χ3n) is 3.54. The Morgan fingerprint density at radius 1 is 1.04 bits per heavy atom. The lowest BCUT2D eigenvalue weighted by Gasteiger charge is -2.22. The molecule has 120 valence electrons. The summed E-state index contributed by atoms with van der Waals surface area (Å²) in [5.41, 5.74) is 4.52. The van der Waals surface area contributed by atoms with Crippen LogP contribution in [0.5, 0.6) is 0 Å². The van der Waals surface area contributed by atoms with E-state index in [4.69, 9.17) is 5.21 Å². The van der Waals surface area contributed by atoms with Crippen molar-refractivity contribution in [2.45, 2.75) is 19.1 Å². The van der Waals surface area contributed by atoms with Crippen LogP contribution in [-0.2, 0) is 0 Å².